The van der Waals surface area contributed by atoms with Gasteiger partial charge in [0.1, 0.15) is 0 Å². The summed E-state index contributed by atoms with van der Waals surface area (Å²) in [6.45, 7) is 0.710. The molecule has 0 aromatic rings. The van der Waals surface area contributed by atoms with E-state index >= 15 is 0 Å². The van der Waals surface area contributed by atoms with Gasteiger partial charge in [-0.3, -0.25) is 4.79 Å². The molecule has 0 aromatic carbocycles. The van der Waals surface area contributed by atoms with E-state index in [1.54, 1.807) is 0 Å². The predicted octanol–water partition coefficient (Wildman–Crippen LogP) is 0.263. The molecule has 1 aliphatic heterocycles. The van der Waals surface area contributed by atoms with Crippen LogP contribution in [0.15, 0.2) is 0 Å². The molecule has 102 valence electrons. The van der Waals surface area contributed by atoms with Crippen molar-refractivity contribution in [3.63, 3.8) is 0 Å². The van der Waals surface area contributed by atoms with Crippen molar-refractivity contribution in [1.29, 1.82) is 0 Å². The molecular formula is C12H21N3O3. The summed E-state index contributed by atoms with van der Waals surface area (Å²) in [7, 11) is 0. The SMILES string of the molecule is NC(=O)CC1(NC(=O)NC2CCCCC2)COC1. The van der Waals surface area contributed by atoms with Crippen LogP contribution in [0.25, 0.3) is 0 Å². The highest BCUT2D eigenvalue weighted by Gasteiger charge is 2.41. The van der Waals surface area contributed by atoms with E-state index in [9.17, 15) is 9.59 Å². The van der Waals surface area contributed by atoms with E-state index in [0.29, 0.717) is 13.2 Å². The zero-order chi connectivity index (χ0) is 13.0. The monoisotopic (exact) mass is 255 g/mol. The number of carbonyl (C=O) groups excluding carboxylic acids is 2. The average molecular weight is 255 g/mol. The maximum Gasteiger partial charge on any atom is 0.315 e. The van der Waals surface area contributed by atoms with Gasteiger partial charge in [-0.1, -0.05) is 19.3 Å². The Morgan fingerprint density at radius 2 is 1.89 bits per heavy atom. The zero-order valence-electron chi connectivity index (χ0n) is 10.5. The molecule has 0 radical (unpaired) electrons. The number of amides is 3. The number of urea groups is 1. The molecule has 0 spiro atoms. The Bertz CT molecular complexity index is 323. The predicted molar refractivity (Wildman–Crippen MR) is 65.9 cm³/mol. The minimum atomic E-state index is -0.593. The van der Waals surface area contributed by atoms with Crippen molar-refractivity contribution >= 4 is 11.9 Å². The Morgan fingerprint density at radius 3 is 2.39 bits per heavy atom. The number of hydrogen-bond acceptors (Lipinski definition) is 3. The Kier molecular flexibility index (Phi) is 4.06. The van der Waals surface area contributed by atoms with Crippen LogP contribution in [0.5, 0.6) is 0 Å². The molecule has 18 heavy (non-hydrogen) atoms. The van der Waals surface area contributed by atoms with Gasteiger partial charge in [0.2, 0.25) is 5.91 Å². The van der Waals surface area contributed by atoms with Gasteiger partial charge in [-0.2, -0.15) is 0 Å². The van der Waals surface area contributed by atoms with Crippen LogP contribution in [0, 0.1) is 0 Å². The van der Waals surface area contributed by atoms with Crippen LogP contribution < -0.4 is 16.4 Å². The summed E-state index contributed by atoms with van der Waals surface area (Å²) in [5.74, 6) is -0.420. The van der Waals surface area contributed by atoms with Crippen LogP contribution in [-0.2, 0) is 9.53 Å². The average Bonchev–Trinajstić information content (AvgIpc) is 2.26. The molecule has 2 rings (SSSR count). The maximum absolute atomic E-state index is 11.9. The molecule has 3 amide bonds. The third-order valence-electron chi connectivity index (χ3n) is 3.59. The second-order valence-electron chi connectivity index (χ2n) is 5.35. The van der Waals surface area contributed by atoms with Crippen LogP contribution in [0.4, 0.5) is 4.79 Å². The van der Waals surface area contributed by atoms with E-state index in [2.05, 4.69) is 10.6 Å². The fourth-order valence-electron chi connectivity index (χ4n) is 2.61. The Labute approximate surface area is 107 Å². The number of nitrogens with two attached hydrogens (primary N) is 1. The molecule has 2 fully saturated rings. The topological polar surface area (TPSA) is 93.5 Å². The number of nitrogens with one attached hydrogen (secondary N) is 2. The molecular weight excluding hydrogens is 234 g/mol. The first-order valence-electron chi connectivity index (χ1n) is 6.54. The molecule has 2 aliphatic rings. The summed E-state index contributed by atoms with van der Waals surface area (Å²) in [4.78, 5) is 22.8. The molecule has 6 heteroatoms. The smallest absolute Gasteiger partial charge is 0.315 e. The molecule has 1 saturated carbocycles. The van der Waals surface area contributed by atoms with Crippen LogP contribution in [0.2, 0.25) is 0 Å². The van der Waals surface area contributed by atoms with Gasteiger partial charge in [-0.15, -0.1) is 0 Å². The summed E-state index contributed by atoms with van der Waals surface area (Å²) in [5, 5.41) is 5.79. The van der Waals surface area contributed by atoms with Crippen molar-refractivity contribution in [1.82, 2.24) is 10.6 Å². The number of rotatable bonds is 4. The molecule has 1 heterocycles. The Morgan fingerprint density at radius 1 is 1.22 bits per heavy atom. The minimum Gasteiger partial charge on any atom is -0.376 e. The molecule has 1 aliphatic carbocycles. The summed E-state index contributed by atoms with van der Waals surface area (Å²) in [6, 6.07) is 0.0387. The second-order valence-corrected chi connectivity index (χ2v) is 5.35. The maximum atomic E-state index is 11.9. The molecule has 0 atom stereocenters. The first-order chi connectivity index (χ1) is 8.60. The molecule has 6 nitrogen and oxygen atoms in total. The number of primary amides is 1. The van der Waals surface area contributed by atoms with E-state index in [-0.39, 0.29) is 18.5 Å². The van der Waals surface area contributed by atoms with Gasteiger partial charge in [0.05, 0.1) is 25.2 Å². The molecule has 0 bridgehead atoms. The molecule has 4 N–H and O–H groups in total. The Balaban J connectivity index is 1.80. The summed E-state index contributed by atoms with van der Waals surface area (Å²) < 4.78 is 5.08. The van der Waals surface area contributed by atoms with Gasteiger partial charge in [0.25, 0.3) is 0 Å². The lowest BCUT2D eigenvalue weighted by atomic mass is 9.92. The second kappa shape index (κ2) is 5.56. The lowest BCUT2D eigenvalue weighted by Gasteiger charge is -2.41. The van der Waals surface area contributed by atoms with Crippen molar-refractivity contribution in [2.75, 3.05) is 13.2 Å². The first-order valence-corrected chi connectivity index (χ1v) is 6.54. The number of hydrogen-bond donors (Lipinski definition) is 3. The van der Waals surface area contributed by atoms with Crippen LogP contribution in [0.3, 0.4) is 0 Å². The van der Waals surface area contributed by atoms with Gasteiger partial charge in [0, 0.05) is 6.04 Å². The van der Waals surface area contributed by atoms with Crippen molar-refractivity contribution in [3.05, 3.63) is 0 Å². The lowest BCUT2D eigenvalue weighted by molar-refractivity contribution is -0.127. The highest BCUT2D eigenvalue weighted by molar-refractivity contribution is 5.79. The van der Waals surface area contributed by atoms with Crippen LogP contribution in [0.1, 0.15) is 38.5 Å². The number of ether oxygens (including phenoxy) is 1. The highest BCUT2D eigenvalue weighted by Crippen LogP contribution is 2.21. The van der Waals surface area contributed by atoms with E-state index < -0.39 is 11.4 Å². The van der Waals surface area contributed by atoms with Gasteiger partial charge in [-0.25, -0.2) is 4.79 Å². The lowest BCUT2D eigenvalue weighted by Crippen LogP contribution is -2.65. The summed E-state index contributed by atoms with van der Waals surface area (Å²) in [5.41, 5.74) is 4.59. The van der Waals surface area contributed by atoms with Gasteiger partial charge >= 0.3 is 6.03 Å². The largest absolute Gasteiger partial charge is 0.376 e. The van der Waals surface area contributed by atoms with Crippen molar-refractivity contribution in [2.24, 2.45) is 5.73 Å². The summed E-state index contributed by atoms with van der Waals surface area (Å²) in [6.07, 6.45) is 5.78. The van der Waals surface area contributed by atoms with Crippen molar-refractivity contribution < 1.29 is 14.3 Å². The Hall–Kier alpha value is -1.30. The normalized spacial score (nSPS) is 22.9. The standard InChI is InChI=1S/C12H21N3O3/c13-10(16)6-12(7-18-8-12)15-11(17)14-9-4-2-1-3-5-9/h9H,1-8H2,(H2,13,16)(H2,14,15,17). The summed E-state index contributed by atoms with van der Waals surface area (Å²) >= 11 is 0. The van der Waals surface area contributed by atoms with Gasteiger partial charge < -0.3 is 21.1 Å². The van der Waals surface area contributed by atoms with Gasteiger partial charge in [0.15, 0.2) is 0 Å². The van der Waals surface area contributed by atoms with Gasteiger partial charge in [-0.05, 0) is 12.8 Å². The minimum absolute atomic E-state index is 0.130. The highest BCUT2D eigenvalue weighted by atomic mass is 16.5. The van der Waals surface area contributed by atoms with Crippen molar-refractivity contribution in [3.8, 4) is 0 Å². The fourth-order valence-corrected chi connectivity index (χ4v) is 2.61. The van der Waals surface area contributed by atoms with Crippen LogP contribution >= 0.6 is 0 Å². The molecule has 1 saturated heterocycles. The zero-order valence-corrected chi connectivity index (χ0v) is 10.5. The van der Waals surface area contributed by atoms with E-state index in [1.165, 1.54) is 19.3 Å². The molecule has 0 unspecified atom stereocenters. The first kappa shape index (κ1) is 13.1. The van der Waals surface area contributed by atoms with E-state index in [4.69, 9.17) is 10.5 Å². The third kappa shape index (κ3) is 3.35. The fraction of sp³-hybridized carbons (Fsp3) is 0.833. The third-order valence-corrected chi connectivity index (χ3v) is 3.59. The molecule has 0 aromatic heterocycles. The quantitative estimate of drug-likeness (QED) is 0.672. The van der Waals surface area contributed by atoms with E-state index in [1.807, 2.05) is 0 Å². The van der Waals surface area contributed by atoms with E-state index in [0.717, 1.165) is 12.8 Å². The van der Waals surface area contributed by atoms with Crippen LogP contribution in [-0.4, -0.2) is 36.7 Å². The van der Waals surface area contributed by atoms with Crippen molar-refractivity contribution in [2.45, 2.75) is 50.1 Å². The number of carbonyl (C=O) groups is 2.